The van der Waals surface area contributed by atoms with Gasteiger partial charge in [-0.15, -0.1) is 0 Å². The van der Waals surface area contributed by atoms with E-state index in [2.05, 4.69) is 33.5 Å². The van der Waals surface area contributed by atoms with Crippen LogP contribution >= 0.6 is 15.9 Å². The SMILES string of the molecule is CCCNCCNC(=O)c1ccc(F)c(Br)c1. The standard InChI is InChI=1S/C12H16BrFN2O/c1-2-5-15-6-7-16-12(17)9-3-4-11(14)10(13)8-9/h3-4,8,15H,2,5-7H2,1H3,(H,16,17). The predicted molar refractivity (Wildman–Crippen MR) is 69.6 cm³/mol. The van der Waals surface area contributed by atoms with Crippen LogP contribution in [0.25, 0.3) is 0 Å². The van der Waals surface area contributed by atoms with Crippen molar-refractivity contribution in [3.63, 3.8) is 0 Å². The maximum Gasteiger partial charge on any atom is 0.251 e. The van der Waals surface area contributed by atoms with Crippen molar-refractivity contribution in [1.29, 1.82) is 0 Å². The van der Waals surface area contributed by atoms with Gasteiger partial charge < -0.3 is 10.6 Å². The third-order valence-corrected chi connectivity index (χ3v) is 2.80. The molecule has 1 amide bonds. The lowest BCUT2D eigenvalue weighted by Crippen LogP contribution is -2.32. The average molecular weight is 303 g/mol. The van der Waals surface area contributed by atoms with Gasteiger partial charge in [-0.3, -0.25) is 4.79 Å². The lowest BCUT2D eigenvalue weighted by Gasteiger charge is -2.06. The zero-order chi connectivity index (χ0) is 12.7. The van der Waals surface area contributed by atoms with Gasteiger partial charge in [0.25, 0.3) is 5.91 Å². The molecular formula is C12H16BrFN2O. The van der Waals surface area contributed by atoms with Crippen molar-refractivity contribution >= 4 is 21.8 Å². The zero-order valence-electron chi connectivity index (χ0n) is 9.72. The van der Waals surface area contributed by atoms with E-state index in [1.807, 2.05) is 0 Å². The van der Waals surface area contributed by atoms with Gasteiger partial charge in [0.2, 0.25) is 0 Å². The number of carbonyl (C=O) groups excluding carboxylic acids is 1. The molecule has 3 nitrogen and oxygen atoms in total. The van der Waals surface area contributed by atoms with Crippen molar-refractivity contribution in [2.24, 2.45) is 0 Å². The molecule has 1 rings (SSSR count). The monoisotopic (exact) mass is 302 g/mol. The van der Waals surface area contributed by atoms with Gasteiger partial charge >= 0.3 is 0 Å². The highest BCUT2D eigenvalue weighted by Gasteiger charge is 2.07. The summed E-state index contributed by atoms with van der Waals surface area (Å²) in [6.45, 7) is 4.33. The Morgan fingerprint density at radius 1 is 1.35 bits per heavy atom. The molecule has 0 saturated carbocycles. The van der Waals surface area contributed by atoms with Crippen molar-refractivity contribution in [2.45, 2.75) is 13.3 Å². The van der Waals surface area contributed by atoms with Crippen LogP contribution in [0.5, 0.6) is 0 Å². The molecule has 0 aliphatic carbocycles. The van der Waals surface area contributed by atoms with E-state index in [0.29, 0.717) is 16.6 Å². The van der Waals surface area contributed by atoms with Crippen LogP contribution in [0.1, 0.15) is 23.7 Å². The van der Waals surface area contributed by atoms with Gasteiger partial charge in [-0.1, -0.05) is 6.92 Å². The minimum Gasteiger partial charge on any atom is -0.351 e. The maximum atomic E-state index is 13.0. The van der Waals surface area contributed by atoms with Crippen LogP contribution in [0.3, 0.4) is 0 Å². The first-order chi connectivity index (χ1) is 8.15. The molecule has 0 unspecified atom stereocenters. The molecule has 0 fully saturated rings. The Labute approximate surface area is 109 Å². The topological polar surface area (TPSA) is 41.1 Å². The molecule has 17 heavy (non-hydrogen) atoms. The van der Waals surface area contributed by atoms with Crippen molar-refractivity contribution < 1.29 is 9.18 Å². The Hall–Kier alpha value is -0.940. The number of halogens is 2. The molecule has 0 aromatic heterocycles. The minimum absolute atomic E-state index is 0.191. The normalized spacial score (nSPS) is 10.3. The highest BCUT2D eigenvalue weighted by atomic mass is 79.9. The van der Waals surface area contributed by atoms with Crippen LogP contribution in [-0.2, 0) is 0 Å². The first kappa shape index (κ1) is 14.1. The summed E-state index contributed by atoms with van der Waals surface area (Å²) in [5, 5.41) is 5.94. The van der Waals surface area contributed by atoms with Gasteiger partial charge in [0.1, 0.15) is 5.82 Å². The van der Waals surface area contributed by atoms with E-state index in [-0.39, 0.29) is 11.7 Å². The highest BCUT2D eigenvalue weighted by Crippen LogP contribution is 2.16. The van der Waals surface area contributed by atoms with E-state index in [1.165, 1.54) is 18.2 Å². The molecule has 0 heterocycles. The number of amides is 1. The van der Waals surface area contributed by atoms with Crippen LogP contribution in [0.15, 0.2) is 22.7 Å². The molecule has 0 bridgehead atoms. The molecule has 0 aliphatic rings. The van der Waals surface area contributed by atoms with Gasteiger partial charge in [0.05, 0.1) is 4.47 Å². The Morgan fingerprint density at radius 3 is 2.76 bits per heavy atom. The number of carbonyl (C=O) groups is 1. The highest BCUT2D eigenvalue weighted by molar-refractivity contribution is 9.10. The molecule has 0 radical (unpaired) electrons. The molecular weight excluding hydrogens is 287 g/mol. The second-order valence-corrected chi connectivity index (χ2v) is 4.49. The number of rotatable bonds is 6. The van der Waals surface area contributed by atoms with E-state index in [1.54, 1.807) is 0 Å². The summed E-state index contributed by atoms with van der Waals surface area (Å²) in [5.74, 6) is -0.560. The summed E-state index contributed by atoms with van der Waals surface area (Å²) in [4.78, 5) is 11.7. The third kappa shape index (κ3) is 4.83. The number of hydrogen-bond donors (Lipinski definition) is 2. The van der Waals surface area contributed by atoms with Crippen LogP contribution in [0, 0.1) is 5.82 Å². The molecule has 94 valence electrons. The number of benzene rings is 1. The fourth-order valence-corrected chi connectivity index (χ4v) is 1.68. The summed E-state index contributed by atoms with van der Waals surface area (Å²) < 4.78 is 13.3. The molecule has 0 spiro atoms. The van der Waals surface area contributed by atoms with Crippen molar-refractivity contribution in [1.82, 2.24) is 10.6 Å². The van der Waals surface area contributed by atoms with Crippen LogP contribution < -0.4 is 10.6 Å². The summed E-state index contributed by atoms with van der Waals surface area (Å²) in [6, 6.07) is 4.22. The number of hydrogen-bond acceptors (Lipinski definition) is 2. The fraction of sp³-hybridized carbons (Fsp3) is 0.417. The predicted octanol–water partition coefficient (Wildman–Crippen LogP) is 2.32. The minimum atomic E-state index is -0.369. The van der Waals surface area contributed by atoms with E-state index in [0.717, 1.165) is 19.5 Å². The van der Waals surface area contributed by atoms with Gasteiger partial charge in [-0.25, -0.2) is 4.39 Å². The molecule has 0 atom stereocenters. The third-order valence-electron chi connectivity index (χ3n) is 2.20. The molecule has 5 heteroatoms. The Balaban J connectivity index is 2.39. The fourth-order valence-electron chi connectivity index (χ4n) is 1.31. The van der Waals surface area contributed by atoms with Gasteiger partial charge in [-0.2, -0.15) is 0 Å². The summed E-state index contributed by atoms with van der Waals surface area (Å²) in [6.07, 6.45) is 1.07. The molecule has 2 N–H and O–H groups in total. The van der Waals surface area contributed by atoms with E-state index >= 15 is 0 Å². The molecule has 1 aromatic carbocycles. The average Bonchev–Trinajstić information content (AvgIpc) is 2.32. The number of nitrogens with one attached hydrogen (secondary N) is 2. The zero-order valence-corrected chi connectivity index (χ0v) is 11.3. The molecule has 0 aliphatic heterocycles. The lowest BCUT2D eigenvalue weighted by molar-refractivity contribution is 0.0954. The van der Waals surface area contributed by atoms with Gasteiger partial charge in [-0.05, 0) is 47.1 Å². The Kier molecular flexibility index (Phi) is 6.15. The Morgan fingerprint density at radius 2 is 2.12 bits per heavy atom. The quantitative estimate of drug-likeness (QED) is 0.792. The van der Waals surface area contributed by atoms with Gasteiger partial charge in [0, 0.05) is 18.7 Å². The molecule has 0 saturated heterocycles. The summed E-state index contributed by atoms with van der Waals surface area (Å²) in [5.41, 5.74) is 0.453. The first-order valence-corrected chi connectivity index (χ1v) is 6.38. The van der Waals surface area contributed by atoms with E-state index < -0.39 is 0 Å². The molecule has 1 aromatic rings. The maximum absolute atomic E-state index is 13.0. The second-order valence-electron chi connectivity index (χ2n) is 3.63. The second kappa shape index (κ2) is 7.40. The van der Waals surface area contributed by atoms with Crippen LogP contribution in [-0.4, -0.2) is 25.5 Å². The van der Waals surface area contributed by atoms with E-state index in [9.17, 15) is 9.18 Å². The van der Waals surface area contributed by atoms with Crippen molar-refractivity contribution in [3.05, 3.63) is 34.1 Å². The Bertz CT molecular complexity index is 385. The van der Waals surface area contributed by atoms with Crippen molar-refractivity contribution in [2.75, 3.05) is 19.6 Å². The summed E-state index contributed by atoms with van der Waals surface area (Å²) >= 11 is 3.05. The van der Waals surface area contributed by atoms with Gasteiger partial charge in [0.15, 0.2) is 0 Å². The van der Waals surface area contributed by atoms with E-state index in [4.69, 9.17) is 0 Å². The summed E-state index contributed by atoms with van der Waals surface area (Å²) in [7, 11) is 0. The van der Waals surface area contributed by atoms with Crippen LogP contribution in [0.4, 0.5) is 4.39 Å². The van der Waals surface area contributed by atoms with Crippen molar-refractivity contribution in [3.8, 4) is 0 Å². The first-order valence-electron chi connectivity index (χ1n) is 5.59. The lowest BCUT2D eigenvalue weighted by atomic mass is 10.2. The smallest absolute Gasteiger partial charge is 0.251 e. The largest absolute Gasteiger partial charge is 0.351 e. The van der Waals surface area contributed by atoms with Crippen LogP contribution in [0.2, 0.25) is 0 Å².